The molecule has 18 heavy (non-hydrogen) atoms. The zero-order chi connectivity index (χ0) is 14.0. The first-order valence-corrected chi connectivity index (χ1v) is 6.25. The van der Waals surface area contributed by atoms with Gasteiger partial charge in [-0.25, -0.2) is 9.59 Å². The van der Waals surface area contributed by atoms with Crippen LogP contribution in [0.5, 0.6) is 0 Å². The van der Waals surface area contributed by atoms with Crippen LogP contribution in [0.15, 0.2) is 0 Å². The fourth-order valence-corrected chi connectivity index (χ4v) is 1.46. The van der Waals surface area contributed by atoms with E-state index in [-0.39, 0.29) is 5.92 Å². The van der Waals surface area contributed by atoms with E-state index in [1.165, 1.54) is 0 Å². The number of carbonyl (C=O) groups excluding carboxylic acids is 1. The first kappa shape index (κ1) is 16.7. The molecule has 0 saturated carbocycles. The second-order valence-corrected chi connectivity index (χ2v) is 4.51. The van der Waals surface area contributed by atoms with Crippen molar-refractivity contribution in [3.05, 3.63) is 0 Å². The van der Waals surface area contributed by atoms with E-state index in [0.29, 0.717) is 6.54 Å². The maximum atomic E-state index is 11.4. The molecular formula is C12H24N2O4. The van der Waals surface area contributed by atoms with Crippen LogP contribution in [0.2, 0.25) is 0 Å². The van der Waals surface area contributed by atoms with Crippen molar-refractivity contribution in [2.24, 2.45) is 5.92 Å². The number of hydrogen-bond acceptors (Lipinski definition) is 3. The molecule has 0 aromatic heterocycles. The van der Waals surface area contributed by atoms with Crippen molar-refractivity contribution >= 4 is 12.0 Å². The number of hydrogen-bond donors (Lipinski definition) is 3. The number of ether oxygens (including phenoxy) is 1. The van der Waals surface area contributed by atoms with Gasteiger partial charge in [-0.05, 0) is 25.2 Å². The lowest BCUT2D eigenvalue weighted by Gasteiger charge is -2.18. The highest BCUT2D eigenvalue weighted by molar-refractivity contribution is 5.82. The summed E-state index contributed by atoms with van der Waals surface area (Å²) in [7, 11) is 1.66. The van der Waals surface area contributed by atoms with E-state index < -0.39 is 18.0 Å². The van der Waals surface area contributed by atoms with Gasteiger partial charge in [-0.3, -0.25) is 0 Å². The van der Waals surface area contributed by atoms with Gasteiger partial charge in [0.25, 0.3) is 0 Å². The maximum absolute atomic E-state index is 11.4. The summed E-state index contributed by atoms with van der Waals surface area (Å²) >= 11 is 0. The fraction of sp³-hybridized carbons (Fsp3) is 0.833. The third-order valence-corrected chi connectivity index (χ3v) is 2.53. The normalized spacial score (nSPS) is 12.2. The van der Waals surface area contributed by atoms with Gasteiger partial charge in [-0.1, -0.05) is 13.8 Å². The lowest BCUT2D eigenvalue weighted by molar-refractivity contribution is -0.140. The Bertz CT molecular complexity index is 256. The summed E-state index contributed by atoms with van der Waals surface area (Å²) < 4.78 is 4.91. The second-order valence-electron chi connectivity index (χ2n) is 4.51. The Balaban J connectivity index is 3.72. The minimum absolute atomic E-state index is 0.144. The molecule has 0 aliphatic carbocycles. The third-order valence-electron chi connectivity index (χ3n) is 2.53. The van der Waals surface area contributed by atoms with Crippen LogP contribution >= 0.6 is 0 Å². The summed E-state index contributed by atoms with van der Waals surface area (Å²) in [6, 6.07) is -1.28. The molecule has 106 valence electrons. The second kappa shape index (κ2) is 9.70. The molecule has 0 fully saturated rings. The van der Waals surface area contributed by atoms with Crippen molar-refractivity contribution in [2.45, 2.75) is 39.2 Å². The zero-order valence-electron chi connectivity index (χ0n) is 11.4. The predicted molar refractivity (Wildman–Crippen MR) is 68.5 cm³/mol. The van der Waals surface area contributed by atoms with Crippen LogP contribution in [0.4, 0.5) is 4.79 Å². The van der Waals surface area contributed by atoms with Crippen LogP contribution in [0.3, 0.4) is 0 Å². The van der Waals surface area contributed by atoms with E-state index in [9.17, 15) is 9.59 Å². The summed E-state index contributed by atoms with van der Waals surface area (Å²) in [6.45, 7) is 4.77. The quantitative estimate of drug-likeness (QED) is 0.544. The van der Waals surface area contributed by atoms with Gasteiger partial charge >= 0.3 is 12.0 Å². The number of rotatable bonds is 9. The van der Waals surface area contributed by atoms with Crippen LogP contribution in [0.25, 0.3) is 0 Å². The molecule has 0 aromatic carbocycles. The lowest BCUT2D eigenvalue weighted by Crippen LogP contribution is -2.48. The number of aliphatic carboxylic acids is 1. The van der Waals surface area contributed by atoms with Crippen LogP contribution < -0.4 is 10.6 Å². The molecule has 1 atom stereocenters. The fourth-order valence-electron chi connectivity index (χ4n) is 1.46. The van der Waals surface area contributed by atoms with Crippen molar-refractivity contribution in [3.8, 4) is 0 Å². The van der Waals surface area contributed by atoms with Gasteiger partial charge in [0, 0.05) is 20.3 Å². The van der Waals surface area contributed by atoms with Gasteiger partial charge < -0.3 is 20.5 Å². The van der Waals surface area contributed by atoms with Gasteiger partial charge in [0.1, 0.15) is 6.04 Å². The summed E-state index contributed by atoms with van der Waals surface area (Å²) in [5.41, 5.74) is 0. The largest absolute Gasteiger partial charge is 0.480 e. The van der Waals surface area contributed by atoms with E-state index in [4.69, 9.17) is 9.84 Å². The molecule has 6 heteroatoms. The Hall–Kier alpha value is -1.30. The molecule has 0 radical (unpaired) electrons. The highest BCUT2D eigenvalue weighted by Crippen LogP contribution is 2.01. The standard InChI is InChI=1S/C12H24N2O4/c1-9(2)10(11(15)16)14-12(17)13-7-5-4-6-8-18-3/h9-10H,4-8H2,1-3H3,(H,15,16)(H2,13,14,17). The molecule has 0 saturated heterocycles. The van der Waals surface area contributed by atoms with Crippen molar-refractivity contribution < 1.29 is 19.4 Å². The summed E-state index contributed by atoms with van der Waals surface area (Å²) in [5.74, 6) is -1.16. The molecule has 0 heterocycles. The molecule has 2 amide bonds. The Morgan fingerprint density at radius 1 is 1.22 bits per heavy atom. The number of methoxy groups -OCH3 is 1. The van der Waals surface area contributed by atoms with Gasteiger partial charge in [0.15, 0.2) is 0 Å². The average Bonchev–Trinajstić information content (AvgIpc) is 2.29. The minimum atomic E-state index is -1.01. The summed E-state index contributed by atoms with van der Waals surface area (Å²) in [4.78, 5) is 22.3. The smallest absolute Gasteiger partial charge is 0.326 e. The third kappa shape index (κ3) is 7.89. The van der Waals surface area contributed by atoms with Crippen molar-refractivity contribution in [3.63, 3.8) is 0 Å². The Morgan fingerprint density at radius 3 is 2.39 bits per heavy atom. The number of carbonyl (C=O) groups is 2. The number of amides is 2. The molecule has 0 aromatic rings. The number of carboxylic acids is 1. The molecular weight excluding hydrogens is 236 g/mol. The van der Waals surface area contributed by atoms with E-state index in [1.54, 1.807) is 21.0 Å². The lowest BCUT2D eigenvalue weighted by atomic mass is 10.1. The Labute approximate surface area is 108 Å². The molecule has 0 aliphatic heterocycles. The molecule has 0 rings (SSSR count). The highest BCUT2D eigenvalue weighted by Gasteiger charge is 2.22. The first-order chi connectivity index (χ1) is 8.49. The molecule has 0 spiro atoms. The van der Waals surface area contributed by atoms with Gasteiger partial charge in [-0.2, -0.15) is 0 Å². The monoisotopic (exact) mass is 260 g/mol. The van der Waals surface area contributed by atoms with Gasteiger partial charge in [0.2, 0.25) is 0 Å². The van der Waals surface area contributed by atoms with Gasteiger partial charge in [0.05, 0.1) is 0 Å². The minimum Gasteiger partial charge on any atom is -0.480 e. The molecule has 0 bridgehead atoms. The van der Waals surface area contributed by atoms with E-state index in [2.05, 4.69) is 10.6 Å². The molecule has 0 aliphatic rings. The number of urea groups is 1. The van der Waals surface area contributed by atoms with Crippen molar-refractivity contribution in [1.82, 2.24) is 10.6 Å². The van der Waals surface area contributed by atoms with E-state index in [0.717, 1.165) is 25.9 Å². The first-order valence-electron chi connectivity index (χ1n) is 6.25. The van der Waals surface area contributed by atoms with Crippen LogP contribution in [0.1, 0.15) is 33.1 Å². The Morgan fingerprint density at radius 2 is 1.89 bits per heavy atom. The van der Waals surface area contributed by atoms with Crippen LogP contribution in [-0.4, -0.2) is 43.4 Å². The van der Waals surface area contributed by atoms with Gasteiger partial charge in [-0.15, -0.1) is 0 Å². The maximum Gasteiger partial charge on any atom is 0.326 e. The topological polar surface area (TPSA) is 87.7 Å². The summed E-state index contributed by atoms with van der Waals surface area (Å²) in [6.07, 6.45) is 2.79. The average molecular weight is 260 g/mol. The summed E-state index contributed by atoms with van der Waals surface area (Å²) in [5, 5.41) is 14.0. The molecule has 3 N–H and O–H groups in total. The van der Waals surface area contributed by atoms with Crippen LogP contribution in [0, 0.1) is 5.92 Å². The van der Waals surface area contributed by atoms with E-state index >= 15 is 0 Å². The van der Waals surface area contributed by atoms with Crippen molar-refractivity contribution in [1.29, 1.82) is 0 Å². The van der Waals surface area contributed by atoms with E-state index in [1.807, 2.05) is 0 Å². The number of nitrogens with one attached hydrogen (secondary N) is 2. The predicted octanol–water partition coefficient (Wildman–Crippen LogP) is 1.21. The molecule has 6 nitrogen and oxygen atoms in total. The zero-order valence-corrected chi connectivity index (χ0v) is 11.4. The highest BCUT2D eigenvalue weighted by atomic mass is 16.5. The SMILES string of the molecule is COCCCCCNC(=O)NC(C(=O)O)C(C)C. The van der Waals surface area contributed by atoms with Crippen molar-refractivity contribution in [2.75, 3.05) is 20.3 Å². The molecule has 1 unspecified atom stereocenters. The Kier molecular flexibility index (Phi) is 9.00. The number of carboxylic acid groups (broad SMARTS) is 1. The van der Waals surface area contributed by atoms with Crippen LogP contribution in [-0.2, 0) is 9.53 Å². The number of unbranched alkanes of at least 4 members (excludes halogenated alkanes) is 2.